The molecule has 2 heterocycles. The van der Waals surface area contributed by atoms with Crippen LogP contribution in [0.4, 0.5) is 0 Å². The van der Waals surface area contributed by atoms with Crippen LogP contribution in [0.25, 0.3) is 44.5 Å². The SMILES string of the molecule is O=C(O)c1cc2n[nH]nc2cc1-c1c2ccc(=O)cc-2oc2cc(O)ccc12. The molecule has 1 aliphatic heterocycles. The molecule has 0 spiro atoms. The number of aromatic amines is 1. The summed E-state index contributed by atoms with van der Waals surface area (Å²) in [7, 11) is 0. The molecule has 1 aromatic heterocycles. The van der Waals surface area contributed by atoms with Gasteiger partial charge in [0.1, 0.15) is 28.1 Å². The van der Waals surface area contributed by atoms with Gasteiger partial charge in [0, 0.05) is 34.2 Å². The van der Waals surface area contributed by atoms with Crippen molar-refractivity contribution < 1.29 is 19.4 Å². The van der Waals surface area contributed by atoms with Crippen LogP contribution in [0, 0.1) is 0 Å². The number of aromatic carboxylic acids is 1. The van der Waals surface area contributed by atoms with Crippen LogP contribution in [0.5, 0.6) is 5.75 Å². The topological polar surface area (TPSA) is 129 Å². The minimum atomic E-state index is -1.12. The molecule has 0 fully saturated rings. The minimum Gasteiger partial charge on any atom is -0.508 e. The van der Waals surface area contributed by atoms with E-state index in [4.69, 9.17) is 4.42 Å². The van der Waals surface area contributed by atoms with Gasteiger partial charge >= 0.3 is 5.97 Å². The Hall–Kier alpha value is -4.20. The largest absolute Gasteiger partial charge is 0.508 e. The van der Waals surface area contributed by atoms with Gasteiger partial charge < -0.3 is 14.6 Å². The molecule has 2 aromatic carbocycles. The van der Waals surface area contributed by atoms with Crippen LogP contribution in [-0.4, -0.2) is 31.6 Å². The fourth-order valence-corrected chi connectivity index (χ4v) is 3.42. The molecule has 8 heteroatoms. The number of nitrogens with zero attached hydrogens (tertiary/aromatic N) is 2. The number of H-pyrrole nitrogens is 1. The summed E-state index contributed by atoms with van der Waals surface area (Å²) in [6.45, 7) is 0. The van der Waals surface area contributed by atoms with Gasteiger partial charge in [0.25, 0.3) is 0 Å². The molecule has 3 aromatic rings. The van der Waals surface area contributed by atoms with Gasteiger partial charge in [-0.1, -0.05) is 0 Å². The third-order valence-corrected chi connectivity index (χ3v) is 4.63. The number of aromatic nitrogens is 3. The number of nitrogens with one attached hydrogen (secondary N) is 1. The highest BCUT2D eigenvalue weighted by atomic mass is 16.4. The van der Waals surface area contributed by atoms with E-state index in [0.29, 0.717) is 38.7 Å². The molecule has 0 saturated carbocycles. The molecule has 3 N–H and O–H groups in total. The quantitative estimate of drug-likeness (QED) is 0.405. The molecule has 28 heavy (non-hydrogen) atoms. The van der Waals surface area contributed by atoms with E-state index in [1.807, 2.05) is 0 Å². The van der Waals surface area contributed by atoms with E-state index in [1.165, 1.54) is 30.3 Å². The van der Waals surface area contributed by atoms with Crippen LogP contribution in [0.3, 0.4) is 0 Å². The average molecular weight is 373 g/mol. The highest BCUT2D eigenvalue weighted by molar-refractivity contribution is 6.09. The number of aromatic hydroxyl groups is 1. The zero-order valence-electron chi connectivity index (χ0n) is 14.1. The van der Waals surface area contributed by atoms with Gasteiger partial charge in [-0.15, -0.1) is 0 Å². The number of phenolic OH excluding ortho intramolecular Hbond substituents is 1. The monoisotopic (exact) mass is 373 g/mol. The standard InChI is InChI=1S/C20H11N3O5/c24-9-1-3-11-17(5-9)28-18-6-10(25)2-4-12(18)19(11)13-7-15-16(22-23-21-15)8-14(13)20(26)27/h1-8,24H,(H,26,27)(H,21,22,23). The lowest BCUT2D eigenvalue weighted by molar-refractivity contribution is 0.0698. The Morgan fingerprint density at radius 1 is 0.964 bits per heavy atom. The van der Waals surface area contributed by atoms with Gasteiger partial charge in [-0.25, -0.2) is 4.79 Å². The van der Waals surface area contributed by atoms with Gasteiger partial charge in [-0.3, -0.25) is 4.79 Å². The number of hydrogen-bond acceptors (Lipinski definition) is 6. The normalized spacial score (nSPS) is 11.4. The van der Waals surface area contributed by atoms with Crippen LogP contribution in [-0.2, 0) is 0 Å². The zero-order chi connectivity index (χ0) is 19.4. The van der Waals surface area contributed by atoms with Crippen LogP contribution in [0.1, 0.15) is 10.4 Å². The Balaban J connectivity index is 2.00. The van der Waals surface area contributed by atoms with Crippen LogP contribution in [0.15, 0.2) is 57.7 Å². The van der Waals surface area contributed by atoms with E-state index in [0.717, 1.165) is 0 Å². The predicted molar refractivity (Wildman–Crippen MR) is 101 cm³/mol. The average Bonchev–Trinajstić information content (AvgIpc) is 3.12. The van der Waals surface area contributed by atoms with Crippen molar-refractivity contribution in [3.05, 3.63) is 64.3 Å². The first-order valence-corrected chi connectivity index (χ1v) is 8.29. The van der Waals surface area contributed by atoms with Crippen molar-refractivity contribution in [3.8, 4) is 28.2 Å². The van der Waals surface area contributed by atoms with E-state index in [9.17, 15) is 19.8 Å². The van der Waals surface area contributed by atoms with Gasteiger partial charge in [0.15, 0.2) is 5.43 Å². The van der Waals surface area contributed by atoms with E-state index in [-0.39, 0.29) is 22.5 Å². The number of rotatable bonds is 2. The number of carboxylic acid groups (broad SMARTS) is 1. The summed E-state index contributed by atoms with van der Waals surface area (Å²) >= 11 is 0. The second kappa shape index (κ2) is 5.65. The number of benzene rings is 3. The Morgan fingerprint density at radius 3 is 2.54 bits per heavy atom. The highest BCUT2D eigenvalue weighted by Gasteiger charge is 2.23. The molecular formula is C20H11N3O5. The van der Waals surface area contributed by atoms with Crippen LogP contribution in [0.2, 0.25) is 0 Å². The van der Waals surface area contributed by atoms with Gasteiger partial charge in [0.2, 0.25) is 0 Å². The van der Waals surface area contributed by atoms with Crippen molar-refractivity contribution in [2.24, 2.45) is 0 Å². The Morgan fingerprint density at radius 2 is 1.75 bits per heavy atom. The zero-order valence-corrected chi connectivity index (χ0v) is 14.1. The fourth-order valence-electron chi connectivity index (χ4n) is 3.42. The van der Waals surface area contributed by atoms with Crippen LogP contribution < -0.4 is 5.43 Å². The molecule has 136 valence electrons. The van der Waals surface area contributed by atoms with Crippen molar-refractivity contribution in [1.29, 1.82) is 0 Å². The lowest BCUT2D eigenvalue weighted by Gasteiger charge is -2.16. The van der Waals surface area contributed by atoms with Crippen molar-refractivity contribution >= 4 is 28.0 Å². The third kappa shape index (κ3) is 2.32. The van der Waals surface area contributed by atoms with E-state index in [1.54, 1.807) is 18.2 Å². The molecule has 0 atom stereocenters. The summed E-state index contributed by atoms with van der Waals surface area (Å²) in [6, 6.07) is 12.0. The molecule has 0 radical (unpaired) electrons. The second-order valence-electron chi connectivity index (χ2n) is 6.33. The number of phenols is 1. The number of carboxylic acids is 1. The van der Waals surface area contributed by atoms with Crippen molar-refractivity contribution in [2.45, 2.75) is 0 Å². The van der Waals surface area contributed by atoms with Crippen molar-refractivity contribution in [1.82, 2.24) is 15.4 Å². The number of carbonyl (C=O) groups is 1. The molecule has 0 bridgehead atoms. The first kappa shape index (κ1) is 16.0. The highest BCUT2D eigenvalue weighted by Crippen LogP contribution is 2.42. The summed E-state index contributed by atoms with van der Waals surface area (Å²) in [5.41, 5.74) is 2.59. The van der Waals surface area contributed by atoms with Crippen molar-refractivity contribution in [3.63, 3.8) is 0 Å². The maximum atomic E-state index is 12.0. The fraction of sp³-hybridized carbons (Fsp3) is 0. The minimum absolute atomic E-state index is 0.00904. The summed E-state index contributed by atoms with van der Waals surface area (Å²) in [6.07, 6.45) is 0. The molecule has 1 aliphatic carbocycles. The molecular weight excluding hydrogens is 362 g/mol. The lowest BCUT2D eigenvalue weighted by atomic mass is 9.90. The van der Waals surface area contributed by atoms with Crippen LogP contribution >= 0.6 is 0 Å². The third-order valence-electron chi connectivity index (χ3n) is 4.63. The smallest absolute Gasteiger partial charge is 0.336 e. The maximum Gasteiger partial charge on any atom is 0.336 e. The maximum absolute atomic E-state index is 12.0. The van der Waals surface area contributed by atoms with E-state index < -0.39 is 5.97 Å². The Bertz CT molecular complexity index is 1430. The van der Waals surface area contributed by atoms with Gasteiger partial charge in [-0.2, -0.15) is 15.4 Å². The van der Waals surface area contributed by atoms with E-state index in [2.05, 4.69) is 15.4 Å². The summed E-state index contributed by atoms with van der Waals surface area (Å²) in [4.78, 5) is 23.8. The summed E-state index contributed by atoms with van der Waals surface area (Å²) < 4.78 is 5.80. The first-order valence-electron chi connectivity index (χ1n) is 8.29. The summed E-state index contributed by atoms with van der Waals surface area (Å²) in [5, 5.41) is 30.7. The lowest BCUT2D eigenvalue weighted by Crippen LogP contribution is -2.03. The molecule has 0 saturated heterocycles. The first-order chi connectivity index (χ1) is 13.5. The van der Waals surface area contributed by atoms with E-state index >= 15 is 0 Å². The molecule has 0 unspecified atom stereocenters. The van der Waals surface area contributed by atoms with Gasteiger partial charge in [-0.05, 0) is 36.4 Å². The number of fused-ring (bicyclic) bond motifs is 3. The second-order valence-corrected chi connectivity index (χ2v) is 6.33. The summed E-state index contributed by atoms with van der Waals surface area (Å²) in [5.74, 6) is -0.844. The molecule has 2 aliphatic rings. The Labute approximate surface area is 156 Å². The van der Waals surface area contributed by atoms with Gasteiger partial charge in [0.05, 0.1) is 5.56 Å². The number of hydrogen-bond donors (Lipinski definition) is 3. The van der Waals surface area contributed by atoms with Crippen molar-refractivity contribution in [2.75, 3.05) is 0 Å². The Kier molecular flexibility index (Phi) is 3.23. The predicted octanol–water partition coefficient (Wildman–Crippen LogP) is 3.24. The molecule has 8 nitrogen and oxygen atoms in total. The molecule has 0 amide bonds. The molecule has 5 rings (SSSR count).